The van der Waals surface area contributed by atoms with E-state index in [2.05, 4.69) is 47.1 Å². The Hall–Kier alpha value is -1.79. The molecule has 0 bridgehead atoms. The summed E-state index contributed by atoms with van der Waals surface area (Å²) in [5, 5.41) is 15.0. The van der Waals surface area contributed by atoms with Gasteiger partial charge in [0.1, 0.15) is 0 Å². The molecular formula is C18H20N2S. The number of nitrogens with zero attached hydrogens (tertiary/aromatic N) is 1. The number of anilines is 1. The van der Waals surface area contributed by atoms with E-state index in [-0.39, 0.29) is 0 Å². The summed E-state index contributed by atoms with van der Waals surface area (Å²) in [6, 6.07) is 13.3. The Balaban J connectivity index is 1.77. The fraction of sp³-hybridized carbons (Fsp3) is 0.389. The van der Waals surface area contributed by atoms with E-state index in [4.69, 9.17) is 0 Å². The lowest BCUT2D eigenvalue weighted by Gasteiger charge is -2.25. The van der Waals surface area contributed by atoms with E-state index in [1.807, 2.05) is 25.2 Å². The summed E-state index contributed by atoms with van der Waals surface area (Å²) >= 11 is 1.87. The van der Waals surface area contributed by atoms with Gasteiger partial charge in [0.2, 0.25) is 0 Å². The average molecular weight is 296 g/mol. The second-order valence-electron chi connectivity index (χ2n) is 6.20. The van der Waals surface area contributed by atoms with Crippen molar-refractivity contribution in [1.29, 1.82) is 5.26 Å². The fourth-order valence-corrected chi connectivity index (χ4v) is 3.87. The largest absolute Gasteiger partial charge is 0.378 e. The summed E-state index contributed by atoms with van der Waals surface area (Å²) in [7, 11) is 0. The molecule has 1 atom stereocenters. The number of nitrogens with one attached hydrogen (secondary N) is 1. The molecule has 0 aliphatic heterocycles. The van der Waals surface area contributed by atoms with Crippen LogP contribution in [0.4, 0.5) is 5.69 Å². The smallest absolute Gasteiger partial charge is 0.0766 e. The maximum absolute atomic E-state index is 9.20. The van der Waals surface area contributed by atoms with Crippen LogP contribution in [0.2, 0.25) is 0 Å². The summed E-state index contributed by atoms with van der Waals surface area (Å²) in [6.45, 7) is 3.91. The van der Waals surface area contributed by atoms with Gasteiger partial charge in [0, 0.05) is 10.6 Å². The van der Waals surface area contributed by atoms with E-state index in [1.54, 1.807) is 0 Å². The van der Waals surface area contributed by atoms with Gasteiger partial charge in [-0.15, -0.1) is 11.3 Å². The van der Waals surface area contributed by atoms with Crippen molar-refractivity contribution in [3.63, 3.8) is 0 Å². The predicted octanol–water partition coefficient (Wildman–Crippen LogP) is 5.04. The van der Waals surface area contributed by atoms with Gasteiger partial charge in [0.15, 0.2) is 0 Å². The van der Waals surface area contributed by atoms with Crippen LogP contribution in [0.15, 0.2) is 35.7 Å². The van der Waals surface area contributed by atoms with Crippen LogP contribution >= 0.6 is 11.3 Å². The van der Waals surface area contributed by atoms with Gasteiger partial charge in [-0.3, -0.25) is 0 Å². The van der Waals surface area contributed by atoms with Crippen molar-refractivity contribution in [2.45, 2.75) is 44.6 Å². The van der Waals surface area contributed by atoms with Gasteiger partial charge in [-0.1, -0.05) is 12.1 Å². The Morgan fingerprint density at radius 1 is 1.24 bits per heavy atom. The monoisotopic (exact) mass is 296 g/mol. The van der Waals surface area contributed by atoms with Gasteiger partial charge >= 0.3 is 0 Å². The molecule has 0 amide bonds. The standard InChI is InChI=1S/C18H20N2S/c1-18(2,12-19)13-6-8-14(9-7-13)20-16-4-3-5-17-15(16)10-11-21-17/h6-11,16,20H,3-5H2,1-2H3. The first-order chi connectivity index (χ1) is 10.1. The van der Waals surface area contributed by atoms with E-state index in [0.29, 0.717) is 6.04 Å². The van der Waals surface area contributed by atoms with E-state index >= 15 is 0 Å². The van der Waals surface area contributed by atoms with E-state index < -0.39 is 5.41 Å². The second kappa shape index (κ2) is 5.54. The fourth-order valence-electron chi connectivity index (χ4n) is 2.89. The molecule has 1 heterocycles. The van der Waals surface area contributed by atoms with Gasteiger partial charge < -0.3 is 5.32 Å². The molecule has 1 unspecified atom stereocenters. The first kappa shape index (κ1) is 14.2. The lowest BCUT2D eigenvalue weighted by atomic mass is 9.86. The number of thiophene rings is 1. The number of hydrogen-bond acceptors (Lipinski definition) is 3. The molecule has 0 fully saturated rings. The van der Waals surface area contributed by atoms with E-state index in [1.165, 1.54) is 29.7 Å². The maximum Gasteiger partial charge on any atom is 0.0766 e. The first-order valence-electron chi connectivity index (χ1n) is 7.45. The van der Waals surface area contributed by atoms with Gasteiger partial charge in [-0.2, -0.15) is 5.26 Å². The molecule has 108 valence electrons. The molecule has 1 aromatic heterocycles. The van der Waals surface area contributed by atoms with Crippen molar-refractivity contribution in [2.24, 2.45) is 0 Å². The summed E-state index contributed by atoms with van der Waals surface area (Å²) in [5.74, 6) is 0. The molecule has 2 nitrogen and oxygen atoms in total. The van der Waals surface area contributed by atoms with Crippen molar-refractivity contribution in [3.8, 4) is 6.07 Å². The normalized spacial score (nSPS) is 17.9. The van der Waals surface area contributed by atoms with Crippen molar-refractivity contribution in [3.05, 3.63) is 51.7 Å². The third-order valence-corrected chi connectivity index (χ3v) is 5.28. The SMILES string of the molecule is CC(C)(C#N)c1ccc(NC2CCCc3sccc32)cc1. The molecule has 0 spiro atoms. The Kier molecular flexibility index (Phi) is 3.73. The molecule has 21 heavy (non-hydrogen) atoms. The highest BCUT2D eigenvalue weighted by atomic mass is 32.1. The quantitative estimate of drug-likeness (QED) is 0.861. The summed E-state index contributed by atoms with van der Waals surface area (Å²) in [6.07, 6.45) is 3.67. The van der Waals surface area contributed by atoms with Gasteiger partial charge in [0.25, 0.3) is 0 Å². The highest BCUT2D eigenvalue weighted by Gasteiger charge is 2.22. The van der Waals surface area contributed by atoms with Crippen molar-refractivity contribution < 1.29 is 0 Å². The zero-order chi connectivity index (χ0) is 14.9. The molecule has 3 rings (SSSR count). The molecule has 2 aromatic rings. The number of fused-ring (bicyclic) bond motifs is 1. The topological polar surface area (TPSA) is 35.8 Å². The van der Waals surface area contributed by atoms with Crippen LogP contribution in [0, 0.1) is 11.3 Å². The summed E-state index contributed by atoms with van der Waals surface area (Å²) in [5.41, 5.74) is 3.24. The van der Waals surface area contributed by atoms with Gasteiger partial charge in [-0.25, -0.2) is 0 Å². The van der Waals surface area contributed by atoms with Crippen LogP contribution in [-0.2, 0) is 11.8 Å². The van der Waals surface area contributed by atoms with Crippen LogP contribution in [0.5, 0.6) is 0 Å². The molecular weight excluding hydrogens is 276 g/mol. The van der Waals surface area contributed by atoms with Crippen molar-refractivity contribution in [1.82, 2.24) is 0 Å². The first-order valence-corrected chi connectivity index (χ1v) is 8.33. The lowest BCUT2D eigenvalue weighted by Crippen LogP contribution is -2.16. The highest BCUT2D eigenvalue weighted by Crippen LogP contribution is 2.35. The van der Waals surface area contributed by atoms with E-state index in [0.717, 1.165) is 11.3 Å². The Morgan fingerprint density at radius 2 is 2.00 bits per heavy atom. The molecule has 0 radical (unpaired) electrons. The van der Waals surface area contributed by atoms with Crippen LogP contribution < -0.4 is 5.32 Å². The van der Waals surface area contributed by atoms with E-state index in [9.17, 15) is 5.26 Å². The molecule has 1 aromatic carbocycles. The maximum atomic E-state index is 9.20. The number of benzene rings is 1. The molecule has 0 saturated carbocycles. The van der Waals surface area contributed by atoms with Crippen LogP contribution in [0.25, 0.3) is 0 Å². The molecule has 1 N–H and O–H groups in total. The number of rotatable bonds is 3. The minimum atomic E-state index is -0.427. The third kappa shape index (κ3) is 2.82. The van der Waals surface area contributed by atoms with Gasteiger partial charge in [-0.05, 0) is 67.8 Å². The van der Waals surface area contributed by atoms with Crippen LogP contribution in [0.3, 0.4) is 0 Å². The zero-order valence-corrected chi connectivity index (χ0v) is 13.3. The van der Waals surface area contributed by atoms with Crippen molar-refractivity contribution in [2.75, 3.05) is 5.32 Å². The average Bonchev–Trinajstić information content (AvgIpc) is 2.97. The Morgan fingerprint density at radius 3 is 2.71 bits per heavy atom. The number of hydrogen-bond donors (Lipinski definition) is 1. The zero-order valence-electron chi connectivity index (χ0n) is 12.5. The number of nitriles is 1. The molecule has 1 aliphatic carbocycles. The number of aryl methyl sites for hydroxylation is 1. The summed E-state index contributed by atoms with van der Waals surface area (Å²) < 4.78 is 0. The van der Waals surface area contributed by atoms with Gasteiger partial charge in [0.05, 0.1) is 17.5 Å². The predicted molar refractivity (Wildman–Crippen MR) is 88.7 cm³/mol. The van der Waals surface area contributed by atoms with Crippen LogP contribution in [0.1, 0.15) is 48.7 Å². The highest BCUT2D eigenvalue weighted by molar-refractivity contribution is 7.10. The lowest BCUT2D eigenvalue weighted by molar-refractivity contribution is 0.608. The Labute approximate surface area is 130 Å². The third-order valence-electron chi connectivity index (χ3n) is 4.28. The molecule has 3 heteroatoms. The minimum Gasteiger partial charge on any atom is -0.378 e. The molecule has 0 saturated heterocycles. The van der Waals surface area contributed by atoms with Crippen LogP contribution in [-0.4, -0.2) is 0 Å². The summed E-state index contributed by atoms with van der Waals surface area (Å²) in [4.78, 5) is 1.53. The van der Waals surface area contributed by atoms with Crippen molar-refractivity contribution >= 4 is 17.0 Å². The Bertz CT molecular complexity index is 661. The molecule has 1 aliphatic rings. The minimum absolute atomic E-state index is 0.426. The second-order valence-corrected chi connectivity index (χ2v) is 7.20.